The van der Waals surface area contributed by atoms with Crippen molar-refractivity contribution in [3.63, 3.8) is 0 Å². The van der Waals surface area contributed by atoms with E-state index in [4.69, 9.17) is 4.74 Å². The average molecular weight is 338 g/mol. The first-order valence-electron chi connectivity index (χ1n) is 9.97. The topological polar surface area (TPSA) is 44.8 Å². The van der Waals surface area contributed by atoms with Crippen LogP contribution in [0.5, 0.6) is 0 Å². The first-order chi connectivity index (χ1) is 11.7. The second-order valence-electron chi connectivity index (χ2n) is 7.85. The average Bonchev–Trinajstić information content (AvgIpc) is 2.64. The van der Waals surface area contributed by atoms with Gasteiger partial charge in [-0.3, -0.25) is 4.79 Å². The van der Waals surface area contributed by atoms with Crippen molar-refractivity contribution in [2.24, 2.45) is 5.41 Å². The van der Waals surface area contributed by atoms with Gasteiger partial charge in [-0.05, 0) is 33.2 Å². The van der Waals surface area contributed by atoms with Crippen molar-refractivity contribution < 1.29 is 9.53 Å². The smallest absolute Gasteiger partial charge is 0.223 e. The van der Waals surface area contributed by atoms with Gasteiger partial charge in [0.2, 0.25) is 5.91 Å². The number of carbonyl (C=O) groups excluding carboxylic acids is 1. The fourth-order valence-electron chi connectivity index (χ4n) is 5.15. The van der Waals surface area contributed by atoms with Gasteiger partial charge in [0.15, 0.2) is 0 Å². The van der Waals surface area contributed by atoms with Crippen LogP contribution in [0.2, 0.25) is 0 Å². The largest absolute Gasteiger partial charge is 0.378 e. The van der Waals surface area contributed by atoms with Crippen LogP contribution in [0.25, 0.3) is 0 Å². The number of amides is 1. The zero-order valence-electron chi connectivity index (χ0n) is 15.6. The Morgan fingerprint density at radius 1 is 1.25 bits per heavy atom. The van der Waals surface area contributed by atoms with Gasteiger partial charge < -0.3 is 19.9 Å². The molecule has 0 bridgehead atoms. The number of nitrogens with one attached hydrogen (secondary N) is 1. The molecule has 5 heteroatoms. The minimum Gasteiger partial charge on any atom is -0.378 e. The van der Waals surface area contributed by atoms with Crippen LogP contribution in [-0.2, 0) is 9.53 Å². The third kappa shape index (κ3) is 3.63. The highest BCUT2D eigenvalue weighted by Gasteiger charge is 2.56. The fraction of sp³-hybridized carbons (Fsp3) is 0.947. The summed E-state index contributed by atoms with van der Waals surface area (Å²) in [6.07, 6.45) is 8.91. The fourth-order valence-corrected chi connectivity index (χ4v) is 5.15. The van der Waals surface area contributed by atoms with E-state index >= 15 is 0 Å². The summed E-state index contributed by atoms with van der Waals surface area (Å²) in [5.41, 5.74) is 0.362. The minimum atomic E-state index is 0.321. The first-order valence-corrected chi connectivity index (χ1v) is 9.97. The van der Waals surface area contributed by atoms with Crippen LogP contribution in [0.3, 0.4) is 0 Å². The van der Waals surface area contributed by atoms with Crippen molar-refractivity contribution in [3.05, 3.63) is 0 Å². The third-order valence-electron chi connectivity index (χ3n) is 6.57. The van der Waals surface area contributed by atoms with Crippen LogP contribution in [0, 0.1) is 5.41 Å². The molecule has 2 aliphatic carbocycles. The zero-order valence-corrected chi connectivity index (χ0v) is 15.6. The normalized spacial score (nSPS) is 29.7. The molecule has 5 nitrogen and oxygen atoms in total. The molecule has 2 atom stereocenters. The molecule has 0 radical (unpaired) electrons. The van der Waals surface area contributed by atoms with Crippen LogP contribution < -0.4 is 5.32 Å². The van der Waals surface area contributed by atoms with Gasteiger partial charge in [0.1, 0.15) is 0 Å². The van der Waals surface area contributed by atoms with Gasteiger partial charge in [-0.25, -0.2) is 0 Å². The molecule has 3 rings (SSSR count). The van der Waals surface area contributed by atoms with Gasteiger partial charge in [0.05, 0.1) is 6.10 Å². The molecule has 2 saturated carbocycles. The number of nitrogens with zero attached hydrogens (tertiary/aromatic N) is 2. The van der Waals surface area contributed by atoms with Crippen molar-refractivity contribution in [1.82, 2.24) is 15.1 Å². The van der Waals surface area contributed by atoms with Crippen LogP contribution >= 0.6 is 0 Å². The standard InChI is InChI=1S/C19H35N3O2/c1-3-24-17-15-16(19(17)8-5-4-6-9-19)21(2)12-7-18(23)22-13-10-20-11-14-22/h16-17,20H,3-15H2,1-2H3. The summed E-state index contributed by atoms with van der Waals surface area (Å²) in [6, 6.07) is 0.602. The Morgan fingerprint density at radius 3 is 2.62 bits per heavy atom. The maximum atomic E-state index is 12.4. The minimum absolute atomic E-state index is 0.321. The number of ether oxygens (including phenoxy) is 1. The lowest BCUT2D eigenvalue weighted by Crippen LogP contribution is -2.65. The molecule has 0 aromatic heterocycles. The lowest BCUT2D eigenvalue weighted by atomic mass is 9.54. The molecule has 0 aromatic carbocycles. The Balaban J connectivity index is 1.52. The highest BCUT2D eigenvalue weighted by molar-refractivity contribution is 5.76. The zero-order chi connectivity index (χ0) is 17.0. The highest BCUT2D eigenvalue weighted by atomic mass is 16.5. The lowest BCUT2D eigenvalue weighted by molar-refractivity contribution is -0.179. The molecule has 24 heavy (non-hydrogen) atoms. The Bertz CT molecular complexity index is 417. The monoisotopic (exact) mass is 337 g/mol. The van der Waals surface area contributed by atoms with E-state index in [9.17, 15) is 4.79 Å². The van der Waals surface area contributed by atoms with Crippen molar-refractivity contribution >= 4 is 5.91 Å². The Hall–Kier alpha value is -0.650. The quantitative estimate of drug-likeness (QED) is 0.804. The molecular weight excluding hydrogens is 302 g/mol. The number of piperazine rings is 1. The van der Waals surface area contributed by atoms with Crippen molar-refractivity contribution in [2.45, 2.75) is 64.0 Å². The molecule has 1 saturated heterocycles. The van der Waals surface area contributed by atoms with Crippen LogP contribution in [0.4, 0.5) is 0 Å². The highest BCUT2D eigenvalue weighted by Crippen LogP contribution is 2.55. The molecule has 138 valence electrons. The van der Waals surface area contributed by atoms with Gasteiger partial charge in [-0.1, -0.05) is 19.3 Å². The molecule has 0 aromatic rings. The summed E-state index contributed by atoms with van der Waals surface area (Å²) in [6.45, 7) is 7.41. The number of hydrogen-bond acceptors (Lipinski definition) is 4. The number of hydrogen-bond donors (Lipinski definition) is 1. The summed E-state index contributed by atoms with van der Waals surface area (Å²) >= 11 is 0. The van der Waals surface area contributed by atoms with Gasteiger partial charge in [-0.15, -0.1) is 0 Å². The molecule has 1 heterocycles. The van der Waals surface area contributed by atoms with Crippen LogP contribution in [0.1, 0.15) is 51.9 Å². The van der Waals surface area contributed by atoms with E-state index in [0.29, 0.717) is 29.9 Å². The molecule has 2 unspecified atom stereocenters. The second-order valence-corrected chi connectivity index (χ2v) is 7.85. The molecule has 3 fully saturated rings. The Morgan fingerprint density at radius 2 is 1.96 bits per heavy atom. The van der Waals surface area contributed by atoms with E-state index in [1.165, 1.54) is 32.1 Å². The summed E-state index contributed by atoms with van der Waals surface area (Å²) < 4.78 is 6.06. The molecule has 1 amide bonds. The summed E-state index contributed by atoms with van der Waals surface area (Å²) in [5, 5.41) is 3.31. The summed E-state index contributed by atoms with van der Waals surface area (Å²) in [4.78, 5) is 16.9. The molecular formula is C19H35N3O2. The molecule has 3 aliphatic rings. The van der Waals surface area contributed by atoms with E-state index in [2.05, 4.69) is 24.2 Å². The maximum absolute atomic E-state index is 12.4. The summed E-state index contributed by atoms with van der Waals surface area (Å²) in [5.74, 6) is 0.321. The lowest BCUT2D eigenvalue weighted by Gasteiger charge is -2.60. The van der Waals surface area contributed by atoms with E-state index in [1.807, 2.05) is 4.90 Å². The van der Waals surface area contributed by atoms with Crippen molar-refractivity contribution in [1.29, 1.82) is 0 Å². The SMILES string of the molecule is CCOC1CC(N(C)CCC(=O)N2CCNCC2)C12CCCCC2. The van der Waals surface area contributed by atoms with E-state index in [1.54, 1.807) is 0 Å². The summed E-state index contributed by atoms with van der Waals surface area (Å²) in [7, 11) is 2.22. The molecule has 1 N–H and O–H groups in total. The predicted octanol–water partition coefficient (Wildman–Crippen LogP) is 1.87. The van der Waals surface area contributed by atoms with Gasteiger partial charge >= 0.3 is 0 Å². The molecule has 1 spiro atoms. The van der Waals surface area contributed by atoms with E-state index in [-0.39, 0.29) is 0 Å². The Labute approximate surface area is 147 Å². The molecule has 1 aliphatic heterocycles. The first kappa shape index (κ1) is 18.2. The van der Waals surface area contributed by atoms with Crippen molar-refractivity contribution in [2.75, 3.05) is 46.4 Å². The number of rotatable bonds is 6. The van der Waals surface area contributed by atoms with Crippen LogP contribution in [-0.4, -0.2) is 74.2 Å². The van der Waals surface area contributed by atoms with Crippen LogP contribution in [0.15, 0.2) is 0 Å². The van der Waals surface area contributed by atoms with Crippen molar-refractivity contribution in [3.8, 4) is 0 Å². The Kier molecular flexibility index (Phi) is 6.17. The van der Waals surface area contributed by atoms with Gasteiger partial charge in [-0.2, -0.15) is 0 Å². The van der Waals surface area contributed by atoms with E-state index in [0.717, 1.165) is 45.8 Å². The predicted molar refractivity (Wildman–Crippen MR) is 96.0 cm³/mol. The van der Waals surface area contributed by atoms with Gasteiger partial charge in [0.25, 0.3) is 0 Å². The maximum Gasteiger partial charge on any atom is 0.223 e. The second kappa shape index (κ2) is 8.15. The van der Waals surface area contributed by atoms with E-state index < -0.39 is 0 Å². The number of carbonyl (C=O) groups is 1. The van der Waals surface area contributed by atoms with Gasteiger partial charge in [0, 0.05) is 57.2 Å². The third-order valence-corrected chi connectivity index (χ3v) is 6.57.